The summed E-state index contributed by atoms with van der Waals surface area (Å²) in [6, 6.07) is 0. The van der Waals surface area contributed by atoms with Gasteiger partial charge in [0.2, 0.25) is 0 Å². The van der Waals surface area contributed by atoms with Crippen molar-refractivity contribution in [2.75, 3.05) is 11.2 Å². The minimum atomic E-state index is -1.87. The number of hydrogen-bond donors (Lipinski definition) is 3. The van der Waals surface area contributed by atoms with Crippen LogP contribution >= 0.6 is 0 Å². The van der Waals surface area contributed by atoms with Crippen molar-refractivity contribution >= 4 is 11.4 Å². The molecule has 13 heavy (non-hydrogen) atoms. The molecule has 0 amide bonds. The number of nitrogens with two attached hydrogens (primary N) is 2. The fourth-order valence-corrected chi connectivity index (χ4v) is 0.778. The van der Waals surface area contributed by atoms with Gasteiger partial charge in [-0.25, -0.2) is 17.6 Å². The minimum Gasteiger partial charge on any atom is -0.394 e. The van der Waals surface area contributed by atoms with Crippen LogP contribution in [0.1, 0.15) is 0 Å². The maximum Gasteiger partial charge on any atom is 0.198 e. The van der Waals surface area contributed by atoms with Gasteiger partial charge in [-0.15, -0.1) is 0 Å². The molecule has 7 heteroatoms. The number of rotatable bonds is 1. The standard InChI is InChI=1S/C6H5F4N3/c7-1-2(8)5(11)4(10)6(13-12)3(1)9/h13H,11-12H2. The van der Waals surface area contributed by atoms with E-state index in [1.54, 1.807) is 0 Å². The second-order valence-corrected chi connectivity index (χ2v) is 2.19. The lowest BCUT2D eigenvalue weighted by atomic mass is 10.2. The second kappa shape index (κ2) is 3.09. The van der Waals surface area contributed by atoms with Gasteiger partial charge in [-0.1, -0.05) is 0 Å². The third-order valence-corrected chi connectivity index (χ3v) is 1.44. The zero-order valence-corrected chi connectivity index (χ0v) is 6.17. The molecular formula is C6H5F4N3. The Bertz CT molecular complexity index is 323. The number of nitrogens with one attached hydrogen (secondary N) is 1. The summed E-state index contributed by atoms with van der Waals surface area (Å²) in [5.74, 6) is -2.18. The molecule has 1 aromatic carbocycles. The molecule has 0 aliphatic carbocycles. The van der Waals surface area contributed by atoms with Crippen LogP contribution in [-0.2, 0) is 0 Å². The number of nitrogen functional groups attached to an aromatic ring is 2. The summed E-state index contributed by atoms with van der Waals surface area (Å²) in [4.78, 5) is 0. The molecule has 5 N–H and O–H groups in total. The lowest BCUT2D eigenvalue weighted by Crippen LogP contribution is -2.14. The van der Waals surface area contributed by atoms with Crippen LogP contribution in [0.15, 0.2) is 0 Å². The molecule has 0 saturated carbocycles. The first kappa shape index (κ1) is 9.59. The van der Waals surface area contributed by atoms with Crippen molar-refractivity contribution in [1.29, 1.82) is 0 Å². The van der Waals surface area contributed by atoms with Crippen LogP contribution in [0.4, 0.5) is 28.9 Å². The van der Waals surface area contributed by atoms with Gasteiger partial charge in [0.05, 0.1) is 0 Å². The van der Waals surface area contributed by atoms with E-state index in [0.29, 0.717) is 0 Å². The average Bonchev–Trinajstić information content (AvgIpc) is 2.13. The quantitative estimate of drug-likeness (QED) is 0.157. The maximum atomic E-state index is 12.8. The predicted octanol–water partition coefficient (Wildman–Crippen LogP) is 1.11. The van der Waals surface area contributed by atoms with Gasteiger partial charge in [-0.3, -0.25) is 5.84 Å². The Morgan fingerprint density at radius 2 is 1.38 bits per heavy atom. The van der Waals surface area contributed by atoms with Gasteiger partial charge in [0.25, 0.3) is 0 Å². The van der Waals surface area contributed by atoms with Crippen molar-refractivity contribution < 1.29 is 17.6 Å². The van der Waals surface area contributed by atoms with E-state index in [0.717, 1.165) is 0 Å². The van der Waals surface area contributed by atoms with Crippen molar-refractivity contribution in [3.63, 3.8) is 0 Å². The van der Waals surface area contributed by atoms with Gasteiger partial charge in [-0.2, -0.15) is 0 Å². The number of halogens is 4. The Balaban J connectivity index is 3.56. The zero-order chi connectivity index (χ0) is 10.2. The predicted molar refractivity (Wildman–Crippen MR) is 38.5 cm³/mol. The molecule has 3 nitrogen and oxygen atoms in total. The summed E-state index contributed by atoms with van der Waals surface area (Å²) in [6.07, 6.45) is 0. The second-order valence-electron chi connectivity index (χ2n) is 2.19. The van der Waals surface area contributed by atoms with Gasteiger partial charge in [0.1, 0.15) is 11.4 Å². The Labute approximate surface area is 70.3 Å². The number of hydrogen-bond acceptors (Lipinski definition) is 3. The third kappa shape index (κ3) is 1.26. The molecule has 0 aliphatic heterocycles. The highest BCUT2D eigenvalue weighted by atomic mass is 19.2. The topological polar surface area (TPSA) is 64.1 Å². The smallest absolute Gasteiger partial charge is 0.198 e. The summed E-state index contributed by atoms with van der Waals surface area (Å²) in [5, 5.41) is 0. The van der Waals surface area contributed by atoms with Crippen molar-refractivity contribution in [2.45, 2.75) is 0 Å². The zero-order valence-electron chi connectivity index (χ0n) is 6.17. The summed E-state index contributed by atoms with van der Waals surface area (Å²) in [6.45, 7) is 0. The highest BCUT2D eigenvalue weighted by Crippen LogP contribution is 2.28. The highest BCUT2D eigenvalue weighted by Gasteiger charge is 2.22. The van der Waals surface area contributed by atoms with E-state index in [-0.39, 0.29) is 0 Å². The minimum absolute atomic E-state index is 1.00. The molecule has 0 fully saturated rings. The molecule has 0 aliphatic rings. The van der Waals surface area contributed by atoms with E-state index in [9.17, 15) is 17.6 Å². The SMILES string of the molecule is NNc1c(F)c(N)c(F)c(F)c1F. The molecule has 0 aromatic heterocycles. The number of anilines is 2. The fraction of sp³-hybridized carbons (Fsp3) is 0. The van der Waals surface area contributed by atoms with Crippen LogP contribution in [-0.4, -0.2) is 0 Å². The van der Waals surface area contributed by atoms with Crippen LogP contribution in [0, 0.1) is 23.3 Å². The molecule has 72 valence electrons. The van der Waals surface area contributed by atoms with Gasteiger partial charge < -0.3 is 11.2 Å². The average molecular weight is 195 g/mol. The summed E-state index contributed by atoms with van der Waals surface area (Å²) in [7, 11) is 0. The summed E-state index contributed by atoms with van der Waals surface area (Å²) in [5.41, 5.74) is 4.19. The van der Waals surface area contributed by atoms with Gasteiger partial charge in [-0.05, 0) is 0 Å². The first-order chi connectivity index (χ1) is 6.00. The molecule has 1 rings (SSSR count). The molecule has 0 spiro atoms. The van der Waals surface area contributed by atoms with Gasteiger partial charge >= 0.3 is 0 Å². The summed E-state index contributed by atoms with van der Waals surface area (Å²) < 4.78 is 50.5. The van der Waals surface area contributed by atoms with Crippen LogP contribution < -0.4 is 17.0 Å². The Morgan fingerprint density at radius 3 is 1.85 bits per heavy atom. The van der Waals surface area contributed by atoms with E-state index in [4.69, 9.17) is 5.73 Å². The molecule has 0 heterocycles. The lowest BCUT2D eigenvalue weighted by molar-refractivity contribution is 0.441. The highest BCUT2D eigenvalue weighted by molar-refractivity contribution is 5.58. The van der Waals surface area contributed by atoms with E-state index in [2.05, 4.69) is 5.84 Å². The third-order valence-electron chi connectivity index (χ3n) is 1.44. The first-order valence-electron chi connectivity index (χ1n) is 3.08. The normalized spacial score (nSPS) is 10.2. The van der Waals surface area contributed by atoms with Gasteiger partial charge in [0, 0.05) is 0 Å². The molecule has 0 unspecified atom stereocenters. The molecule has 0 atom stereocenters. The lowest BCUT2D eigenvalue weighted by Gasteiger charge is -2.07. The van der Waals surface area contributed by atoms with Crippen LogP contribution in [0.25, 0.3) is 0 Å². The molecule has 0 saturated heterocycles. The van der Waals surface area contributed by atoms with Crippen LogP contribution in [0.2, 0.25) is 0 Å². The van der Waals surface area contributed by atoms with Crippen LogP contribution in [0.5, 0.6) is 0 Å². The van der Waals surface area contributed by atoms with Crippen molar-refractivity contribution in [1.82, 2.24) is 0 Å². The Hall–Kier alpha value is -1.50. The van der Waals surface area contributed by atoms with E-state index in [1.807, 2.05) is 0 Å². The van der Waals surface area contributed by atoms with Crippen molar-refractivity contribution in [3.8, 4) is 0 Å². The first-order valence-corrected chi connectivity index (χ1v) is 3.08. The monoisotopic (exact) mass is 195 g/mol. The largest absolute Gasteiger partial charge is 0.394 e. The van der Waals surface area contributed by atoms with Crippen LogP contribution in [0.3, 0.4) is 0 Å². The Kier molecular flexibility index (Phi) is 2.28. The molecule has 0 bridgehead atoms. The van der Waals surface area contributed by atoms with E-state index < -0.39 is 34.6 Å². The van der Waals surface area contributed by atoms with E-state index in [1.165, 1.54) is 5.43 Å². The number of benzene rings is 1. The molecule has 0 radical (unpaired) electrons. The molecular weight excluding hydrogens is 190 g/mol. The van der Waals surface area contributed by atoms with Crippen molar-refractivity contribution in [3.05, 3.63) is 23.3 Å². The summed E-state index contributed by atoms with van der Waals surface area (Å²) >= 11 is 0. The number of hydrazine groups is 1. The van der Waals surface area contributed by atoms with Crippen molar-refractivity contribution in [2.24, 2.45) is 5.84 Å². The van der Waals surface area contributed by atoms with Gasteiger partial charge in [0.15, 0.2) is 23.3 Å². The molecule has 1 aromatic rings. The Morgan fingerprint density at radius 1 is 0.846 bits per heavy atom. The maximum absolute atomic E-state index is 12.8. The van der Waals surface area contributed by atoms with E-state index >= 15 is 0 Å². The fourth-order valence-electron chi connectivity index (χ4n) is 0.778.